The van der Waals surface area contributed by atoms with Crippen LogP contribution in [0.1, 0.15) is 42.5 Å². The molecule has 0 bridgehead atoms. The fourth-order valence-electron chi connectivity index (χ4n) is 3.88. The molecule has 0 N–H and O–H groups in total. The van der Waals surface area contributed by atoms with E-state index < -0.39 is 0 Å². The van der Waals surface area contributed by atoms with E-state index in [9.17, 15) is 4.79 Å². The van der Waals surface area contributed by atoms with Crippen LogP contribution >= 0.6 is 39.1 Å². The van der Waals surface area contributed by atoms with Crippen LogP contribution in [-0.4, -0.2) is 20.4 Å². The summed E-state index contributed by atoms with van der Waals surface area (Å²) in [7, 11) is 0. The molecule has 2 aromatic heterocycles. The van der Waals surface area contributed by atoms with Crippen molar-refractivity contribution in [1.29, 1.82) is 0 Å². The van der Waals surface area contributed by atoms with E-state index in [-0.39, 0.29) is 5.56 Å². The Balaban J connectivity index is 1.82. The third-order valence-corrected chi connectivity index (χ3v) is 6.89. The molecule has 0 atom stereocenters. The zero-order valence-electron chi connectivity index (χ0n) is 18.6. The topological polar surface area (TPSA) is 52.2 Å². The van der Waals surface area contributed by atoms with Gasteiger partial charge in [0.2, 0.25) is 0 Å². The molecule has 4 rings (SSSR count). The molecule has 5 nitrogen and oxygen atoms in total. The van der Waals surface area contributed by atoms with Gasteiger partial charge in [-0.1, -0.05) is 58.5 Å². The van der Waals surface area contributed by atoms with Crippen LogP contribution in [0.5, 0.6) is 0 Å². The molecule has 170 valence electrons. The highest BCUT2D eigenvalue weighted by Gasteiger charge is 2.15. The van der Waals surface area contributed by atoms with Crippen LogP contribution in [0.2, 0.25) is 10.0 Å². The molecule has 0 unspecified atom stereocenters. The fraction of sp³-hybridized carbons (Fsp3) is 0.240. The lowest BCUT2D eigenvalue weighted by Crippen LogP contribution is -2.22. The van der Waals surface area contributed by atoms with Crippen molar-refractivity contribution in [3.8, 4) is 5.69 Å². The van der Waals surface area contributed by atoms with Crippen LogP contribution in [0.25, 0.3) is 16.6 Å². The van der Waals surface area contributed by atoms with Gasteiger partial charge in [-0.15, -0.1) is 0 Å². The first-order valence-corrected chi connectivity index (χ1v) is 12.3. The zero-order chi connectivity index (χ0) is 23.7. The standard InChI is InChI=1S/C25H23BrCl2N4O/c1-4-5-9-23-30-21-11-10-18(26)13-19(21)25(33)32(23)29-14-17-12-15(2)31(16(17)3)22-8-6-7-20(27)24(22)28/h6-8,10-14H,4-5,9H2,1-3H3. The Labute approximate surface area is 210 Å². The molecule has 0 aliphatic carbocycles. The van der Waals surface area contributed by atoms with E-state index in [1.54, 1.807) is 18.3 Å². The van der Waals surface area contributed by atoms with Crippen LogP contribution in [0.15, 0.2) is 56.8 Å². The summed E-state index contributed by atoms with van der Waals surface area (Å²) in [5, 5.41) is 6.10. The van der Waals surface area contributed by atoms with Gasteiger partial charge in [0, 0.05) is 27.8 Å². The van der Waals surface area contributed by atoms with E-state index >= 15 is 0 Å². The predicted octanol–water partition coefficient (Wildman–Crippen LogP) is 7.10. The highest BCUT2D eigenvalue weighted by atomic mass is 79.9. The summed E-state index contributed by atoms with van der Waals surface area (Å²) in [5.41, 5.74) is 4.10. The number of aromatic nitrogens is 3. The molecule has 0 fully saturated rings. The zero-order valence-corrected chi connectivity index (χ0v) is 21.7. The van der Waals surface area contributed by atoms with Crippen molar-refractivity contribution in [3.05, 3.63) is 90.1 Å². The van der Waals surface area contributed by atoms with Crippen molar-refractivity contribution in [2.75, 3.05) is 0 Å². The number of hydrogen-bond donors (Lipinski definition) is 0. The molecule has 2 heterocycles. The molecule has 0 amide bonds. The molecule has 0 saturated heterocycles. The van der Waals surface area contributed by atoms with E-state index in [1.807, 2.05) is 48.7 Å². The van der Waals surface area contributed by atoms with Crippen molar-refractivity contribution < 1.29 is 0 Å². The number of unbranched alkanes of at least 4 members (excludes halogenated alkanes) is 1. The molecule has 2 aromatic carbocycles. The first-order chi connectivity index (χ1) is 15.8. The van der Waals surface area contributed by atoms with Crippen LogP contribution in [0, 0.1) is 13.8 Å². The van der Waals surface area contributed by atoms with Gasteiger partial charge < -0.3 is 4.57 Å². The Hall–Kier alpha value is -2.41. The van der Waals surface area contributed by atoms with Gasteiger partial charge in [0.15, 0.2) is 0 Å². The minimum Gasteiger partial charge on any atom is -0.316 e. The van der Waals surface area contributed by atoms with E-state index in [0.717, 1.165) is 40.0 Å². The Morgan fingerprint density at radius 3 is 2.70 bits per heavy atom. The van der Waals surface area contributed by atoms with Crippen LogP contribution in [0.3, 0.4) is 0 Å². The van der Waals surface area contributed by atoms with Gasteiger partial charge in [0.05, 0.1) is 32.9 Å². The van der Waals surface area contributed by atoms with Gasteiger partial charge in [0.25, 0.3) is 5.56 Å². The van der Waals surface area contributed by atoms with Gasteiger partial charge in [-0.2, -0.15) is 9.78 Å². The summed E-state index contributed by atoms with van der Waals surface area (Å²) in [6, 6.07) is 13.1. The summed E-state index contributed by atoms with van der Waals surface area (Å²) < 4.78 is 4.28. The largest absolute Gasteiger partial charge is 0.316 e. The number of halogens is 3. The molecule has 0 aliphatic rings. The summed E-state index contributed by atoms with van der Waals surface area (Å²) in [6.07, 6.45) is 4.30. The highest BCUT2D eigenvalue weighted by Crippen LogP contribution is 2.31. The smallest absolute Gasteiger partial charge is 0.282 e. The Morgan fingerprint density at radius 2 is 1.94 bits per heavy atom. The molecule has 33 heavy (non-hydrogen) atoms. The molecule has 0 aliphatic heterocycles. The Kier molecular flexibility index (Phi) is 7.07. The third kappa shape index (κ3) is 4.65. The maximum Gasteiger partial charge on any atom is 0.282 e. The van der Waals surface area contributed by atoms with Gasteiger partial charge in [-0.3, -0.25) is 4.79 Å². The van der Waals surface area contributed by atoms with Crippen LogP contribution in [-0.2, 0) is 6.42 Å². The normalized spacial score (nSPS) is 11.7. The second kappa shape index (κ2) is 9.84. The lowest BCUT2D eigenvalue weighted by molar-refractivity contribution is 0.675. The fourth-order valence-corrected chi connectivity index (χ4v) is 4.63. The lowest BCUT2D eigenvalue weighted by Gasteiger charge is -2.12. The SMILES string of the molecule is CCCCc1nc2ccc(Br)cc2c(=O)n1N=Cc1cc(C)n(-c2cccc(Cl)c2Cl)c1C. The number of aryl methyl sites for hydroxylation is 2. The van der Waals surface area contributed by atoms with E-state index in [4.69, 9.17) is 28.2 Å². The third-order valence-electron chi connectivity index (χ3n) is 5.58. The molecular weight excluding hydrogens is 523 g/mol. The molecular formula is C25H23BrCl2N4O. The van der Waals surface area contributed by atoms with Crippen molar-refractivity contribution in [2.24, 2.45) is 5.10 Å². The first kappa shape index (κ1) is 23.7. The van der Waals surface area contributed by atoms with Crippen molar-refractivity contribution in [1.82, 2.24) is 14.2 Å². The van der Waals surface area contributed by atoms with Crippen LogP contribution in [0.4, 0.5) is 0 Å². The van der Waals surface area contributed by atoms with Crippen molar-refractivity contribution in [3.63, 3.8) is 0 Å². The van der Waals surface area contributed by atoms with Gasteiger partial charge >= 0.3 is 0 Å². The molecule has 8 heteroatoms. The maximum atomic E-state index is 13.3. The monoisotopic (exact) mass is 544 g/mol. The van der Waals surface area contributed by atoms with E-state index in [1.165, 1.54) is 4.68 Å². The minimum absolute atomic E-state index is 0.185. The number of hydrogen-bond acceptors (Lipinski definition) is 3. The predicted molar refractivity (Wildman–Crippen MR) is 141 cm³/mol. The molecule has 0 saturated carbocycles. The quantitative estimate of drug-likeness (QED) is 0.243. The summed E-state index contributed by atoms with van der Waals surface area (Å²) in [6.45, 7) is 6.09. The average molecular weight is 546 g/mol. The van der Waals surface area contributed by atoms with Gasteiger partial charge in [-0.05, 0) is 56.7 Å². The maximum absolute atomic E-state index is 13.3. The second-order valence-electron chi connectivity index (χ2n) is 7.89. The van der Waals surface area contributed by atoms with Gasteiger partial charge in [0.1, 0.15) is 5.82 Å². The lowest BCUT2D eigenvalue weighted by atomic mass is 10.2. The minimum atomic E-state index is -0.185. The van der Waals surface area contributed by atoms with Gasteiger partial charge in [-0.25, -0.2) is 4.98 Å². The van der Waals surface area contributed by atoms with Crippen LogP contribution < -0.4 is 5.56 Å². The number of nitrogens with zero attached hydrogens (tertiary/aromatic N) is 4. The Bertz CT molecular complexity index is 1440. The van der Waals surface area contributed by atoms with E-state index in [2.05, 4.69) is 28.0 Å². The Morgan fingerprint density at radius 1 is 1.15 bits per heavy atom. The highest BCUT2D eigenvalue weighted by molar-refractivity contribution is 9.10. The first-order valence-electron chi connectivity index (χ1n) is 10.7. The van der Waals surface area contributed by atoms with Crippen molar-refractivity contribution in [2.45, 2.75) is 40.0 Å². The number of rotatable bonds is 6. The number of fused-ring (bicyclic) bond motifs is 1. The summed E-state index contributed by atoms with van der Waals surface area (Å²) in [4.78, 5) is 18.0. The molecule has 0 spiro atoms. The molecule has 4 aromatic rings. The summed E-state index contributed by atoms with van der Waals surface area (Å²) in [5.74, 6) is 0.652. The second-order valence-corrected chi connectivity index (χ2v) is 9.59. The average Bonchev–Trinajstić information content (AvgIpc) is 3.07. The van der Waals surface area contributed by atoms with E-state index in [0.29, 0.717) is 33.2 Å². The van der Waals surface area contributed by atoms with Crippen molar-refractivity contribution >= 4 is 56.2 Å². The summed E-state index contributed by atoms with van der Waals surface area (Å²) >= 11 is 16.1. The number of benzene rings is 2. The molecule has 0 radical (unpaired) electrons.